The molecule has 5 rings (SSSR count). The second-order valence-corrected chi connectivity index (χ2v) is 9.50. The Morgan fingerprint density at radius 1 is 1.00 bits per heavy atom. The van der Waals surface area contributed by atoms with Gasteiger partial charge in [-0.15, -0.1) is 0 Å². The molecule has 1 amide bonds. The number of carboxylic acids is 1. The van der Waals surface area contributed by atoms with Crippen LogP contribution in [-0.4, -0.2) is 33.4 Å². The Morgan fingerprint density at radius 2 is 1.62 bits per heavy atom. The van der Waals surface area contributed by atoms with Crippen molar-refractivity contribution in [2.75, 3.05) is 5.32 Å². The number of allylic oxidation sites excluding steroid dienone is 1. The van der Waals surface area contributed by atoms with Gasteiger partial charge in [0.2, 0.25) is 0 Å². The monoisotopic (exact) mass is 520 g/mol. The Hall–Kier alpha value is -4.98. The molecule has 0 saturated heterocycles. The Morgan fingerprint density at radius 3 is 2.21 bits per heavy atom. The Labute approximate surface area is 225 Å². The first-order valence-corrected chi connectivity index (χ1v) is 12.6. The highest BCUT2D eigenvalue weighted by atomic mass is 16.6. The van der Waals surface area contributed by atoms with E-state index < -0.39 is 23.6 Å². The standard InChI is InChI=1S/C31H28N4O4/c1-20(21-6-3-2-4-7-21)39-30(38)35-28-27(33-26(34-28)8-5-19-32)24-11-9-22(10-12-24)23-13-15-25(16-14-23)31(17-18-31)29(36)37/h2-16,19-20,32H,17-18H2,1H3,(H,33,34)(H,35,38)(H,36,37). The van der Waals surface area contributed by atoms with E-state index in [1.807, 2.05) is 78.9 Å². The number of H-pyrrole nitrogens is 1. The van der Waals surface area contributed by atoms with Crippen molar-refractivity contribution in [3.63, 3.8) is 0 Å². The first kappa shape index (κ1) is 25.7. The minimum Gasteiger partial charge on any atom is -0.481 e. The van der Waals surface area contributed by atoms with Gasteiger partial charge in [0.15, 0.2) is 5.82 Å². The summed E-state index contributed by atoms with van der Waals surface area (Å²) in [5, 5.41) is 19.5. The molecule has 8 nitrogen and oxygen atoms in total. The third kappa shape index (κ3) is 5.50. The predicted octanol–water partition coefficient (Wildman–Crippen LogP) is 6.83. The Balaban J connectivity index is 1.35. The molecular weight excluding hydrogens is 492 g/mol. The van der Waals surface area contributed by atoms with Crippen molar-refractivity contribution < 1.29 is 19.4 Å². The molecule has 0 spiro atoms. The van der Waals surface area contributed by atoms with Gasteiger partial charge in [0, 0.05) is 11.8 Å². The molecule has 1 aliphatic rings. The molecule has 1 aliphatic carbocycles. The first-order valence-electron chi connectivity index (χ1n) is 12.6. The van der Waals surface area contributed by atoms with E-state index in [-0.39, 0.29) is 0 Å². The molecule has 4 N–H and O–H groups in total. The average molecular weight is 521 g/mol. The number of aromatic nitrogens is 2. The third-order valence-corrected chi connectivity index (χ3v) is 6.95. The van der Waals surface area contributed by atoms with Gasteiger partial charge in [-0.1, -0.05) is 78.9 Å². The second-order valence-electron chi connectivity index (χ2n) is 9.50. The number of aromatic amines is 1. The number of anilines is 1. The zero-order valence-electron chi connectivity index (χ0n) is 21.3. The van der Waals surface area contributed by atoms with E-state index in [1.54, 1.807) is 13.0 Å². The van der Waals surface area contributed by atoms with E-state index >= 15 is 0 Å². The van der Waals surface area contributed by atoms with Gasteiger partial charge in [0.05, 0.1) is 11.1 Å². The smallest absolute Gasteiger partial charge is 0.413 e. The molecule has 1 saturated carbocycles. The molecule has 1 atom stereocenters. The lowest BCUT2D eigenvalue weighted by molar-refractivity contribution is -0.140. The molecule has 1 aromatic heterocycles. The van der Waals surface area contributed by atoms with E-state index in [1.165, 1.54) is 6.08 Å². The number of ether oxygens (including phenoxy) is 1. The number of hydrogen-bond acceptors (Lipinski definition) is 5. The molecule has 39 heavy (non-hydrogen) atoms. The van der Waals surface area contributed by atoms with Gasteiger partial charge in [0.25, 0.3) is 0 Å². The molecular formula is C31H28N4O4. The van der Waals surface area contributed by atoms with Gasteiger partial charge in [0.1, 0.15) is 11.9 Å². The van der Waals surface area contributed by atoms with Crippen molar-refractivity contribution in [3.8, 4) is 22.4 Å². The summed E-state index contributed by atoms with van der Waals surface area (Å²) >= 11 is 0. The lowest BCUT2D eigenvalue weighted by Crippen LogP contribution is -2.19. The van der Waals surface area contributed by atoms with E-state index in [9.17, 15) is 14.7 Å². The number of nitrogens with one attached hydrogen (secondary N) is 3. The van der Waals surface area contributed by atoms with E-state index in [2.05, 4.69) is 15.3 Å². The molecule has 0 bridgehead atoms. The fraction of sp³-hybridized carbons (Fsp3) is 0.161. The molecule has 0 radical (unpaired) electrons. The lowest BCUT2D eigenvalue weighted by atomic mass is 9.93. The van der Waals surface area contributed by atoms with Gasteiger partial charge in [-0.25, -0.2) is 9.78 Å². The van der Waals surface area contributed by atoms with Gasteiger partial charge >= 0.3 is 12.1 Å². The second kappa shape index (κ2) is 10.8. The summed E-state index contributed by atoms with van der Waals surface area (Å²) in [5.74, 6) is 0.0224. The maximum atomic E-state index is 12.7. The van der Waals surface area contributed by atoms with Crippen molar-refractivity contribution in [1.82, 2.24) is 9.97 Å². The van der Waals surface area contributed by atoms with Crippen LogP contribution in [-0.2, 0) is 14.9 Å². The normalized spacial score (nSPS) is 14.5. The number of nitrogens with zero attached hydrogens (tertiary/aromatic N) is 1. The number of amides is 1. The number of hydrogen-bond donors (Lipinski definition) is 4. The summed E-state index contributed by atoms with van der Waals surface area (Å²) in [7, 11) is 0. The van der Waals surface area contributed by atoms with Crippen molar-refractivity contribution in [1.29, 1.82) is 5.41 Å². The van der Waals surface area contributed by atoms with E-state index in [0.717, 1.165) is 34.0 Å². The number of imidazole rings is 1. The zero-order valence-corrected chi connectivity index (χ0v) is 21.3. The Kier molecular flexibility index (Phi) is 7.10. The van der Waals surface area contributed by atoms with Gasteiger partial charge in [-0.3, -0.25) is 10.1 Å². The van der Waals surface area contributed by atoms with Gasteiger partial charge in [-0.05, 0) is 54.2 Å². The van der Waals surface area contributed by atoms with Crippen molar-refractivity contribution in [2.24, 2.45) is 0 Å². The van der Waals surface area contributed by atoms with Crippen molar-refractivity contribution >= 4 is 30.2 Å². The highest BCUT2D eigenvalue weighted by Gasteiger charge is 2.51. The van der Waals surface area contributed by atoms with E-state index in [4.69, 9.17) is 10.1 Å². The Bertz CT molecular complexity index is 1520. The molecule has 1 unspecified atom stereocenters. The number of carbonyl (C=O) groups excluding carboxylic acids is 1. The maximum Gasteiger partial charge on any atom is 0.413 e. The topological polar surface area (TPSA) is 128 Å². The van der Waals surface area contributed by atoms with Crippen LogP contribution in [0, 0.1) is 5.41 Å². The minimum absolute atomic E-state index is 0.311. The van der Waals surface area contributed by atoms with Crippen LogP contribution in [0.25, 0.3) is 28.5 Å². The number of benzene rings is 3. The largest absolute Gasteiger partial charge is 0.481 e. The van der Waals surface area contributed by atoms with Crippen LogP contribution >= 0.6 is 0 Å². The number of rotatable bonds is 9. The highest BCUT2D eigenvalue weighted by Crippen LogP contribution is 2.48. The number of carboxylic acid groups (broad SMARTS) is 1. The van der Waals surface area contributed by atoms with Crippen LogP contribution in [0.1, 0.15) is 42.8 Å². The summed E-state index contributed by atoms with van der Waals surface area (Å²) in [6.07, 6.45) is 4.59. The highest BCUT2D eigenvalue weighted by molar-refractivity contribution is 5.90. The summed E-state index contributed by atoms with van der Waals surface area (Å²) in [6, 6.07) is 24.9. The summed E-state index contributed by atoms with van der Waals surface area (Å²) in [4.78, 5) is 32.0. The molecule has 4 aromatic rings. The van der Waals surface area contributed by atoms with Crippen LogP contribution in [0.4, 0.5) is 10.6 Å². The zero-order chi connectivity index (χ0) is 27.4. The summed E-state index contributed by atoms with van der Waals surface area (Å²) < 4.78 is 5.56. The van der Waals surface area contributed by atoms with Gasteiger partial charge in [-0.2, -0.15) is 0 Å². The molecule has 1 fully saturated rings. The maximum absolute atomic E-state index is 12.7. The van der Waals surface area contributed by atoms with Crippen LogP contribution in [0.5, 0.6) is 0 Å². The average Bonchev–Trinajstić information content (AvgIpc) is 3.68. The summed E-state index contributed by atoms with van der Waals surface area (Å²) in [5.41, 5.74) is 4.33. The number of aliphatic carboxylic acids is 1. The molecule has 0 aliphatic heterocycles. The van der Waals surface area contributed by atoms with Gasteiger partial charge < -0.3 is 20.2 Å². The molecule has 196 valence electrons. The fourth-order valence-corrected chi connectivity index (χ4v) is 4.55. The fourth-order valence-electron chi connectivity index (χ4n) is 4.55. The third-order valence-electron chi connectivity index (χ3n) is 6.95. The van der Waals surface area contributed by atoms with Crippen molar-refractivity contribution in [2.45, 2.75) is 31.3 Å². The van der Waals surface area contributed by atoms with Crippen LogP contribution < -0.4 is 5.32 Å². The minimum atomic E-state index is -0.767. The van der Waals surface area contributed by atoms with Crippen LogP contribution in [0.3, 0.4) is 0 Å². The number of carbonyl (C=O) groups is 2. The van der Waals surface area contributed by atoms with Crippen LogP contribution in [0.2, 0.25) is 0 Å². The predicted molar refractivity (Wildman–Crippen MR) is 151 cm³/mol. The SMILES string of the molecule is CC(OC(=O)Nc1nc(C=CC=N)[nH]c1-c1ccc(-c2ccc(C3(C(=O)O)CC3)cc2)cc1)c1ccccc1. The first-order chi connectivity index (χ1) is 18.9. The lowest BCUT2D eigenvalue weighted by Gasteiger charge is -2.14. The van der Waals surface area contributed by atoms with E-state index in [0.29, 0.717) is 30.2 Å². The molecule has 3 aromatic carbocycles. The van der Waals surface area contributed by atoms with Crippen molar-refractivity contribution in [3.05, 3.63) is 102 Å². The molecule has 8 heteroatoms. The van der Waals surface area contributed by atoms with Crippen LogP contribution in [0.15, 0.2) is 84.9 Å². The molecule has 1 heterocycles. The summed E-state index contributed by atoms with van der Waals surface area (Å²) in [6.45, 7) is 1.80. The quantitative estimate of drug-likeness (QED) is 0.180.